The lowest BCUT2D eigenvalue weighted by molar-refractivity contribution is 0.0559. The van der Waals surface area contributed by atoms with Gasteiger partial charge in [0.15, 0.2) is 0 Å². The van der Waals surface area contributed by atoms with E-state index >= 15 is 0 Å². The van der Waals surface area contributed by atoms with Gasteiger partial charge >= 0.3 is 0 Å². The van der Waals surface area contributed by atoms with Crippen LogP contribution >= 0.6 is 11.3 Å². The SMILES string of the molecule is COc1cccc(CN2C[C@@H]3[C@H](C2)N(Cc2cccs2)C(=O)c2cccn23)c1. The Morgan fingerprint density at radius 1 is 1.07 bits per heavy atom. The molecule has 0 spiro atoms. The average Bonchev–Trinajstić information content (AvgIpc) is 3.45. The van der Waals surface area contributed by atoms with Crippen LogP contribution in [-0.2, 0) is 13.1 Å². The summed E-state index contributed by atoms with van der Waals surface area (Å²) in [6.45, 7) is 3.38. The molecule has 3 aromatic rings. The number of hydrogen-bond acceptors (Lipinski definition) is 4. The summed E-state index contributed by atoms with van der Waals surface area (Å²) in [7, 11) is 1.70. The number of hydrogen-bond donors (Lipinski definition) is 0. The zero-order valence-corrected chi connectivity index (χ0v) is 16.6. The molecule has 0 radical (unpaired) electrons. The highest BCUT2D eigenvalue weighted by molar-refractivity contribution is 7.09. The van der Waals surface area contributed by atoms with E-state index < -0.39 is 0 Å². The Morgan fingerprint density at radius 2 is 1.96 bits per heavy atom. The third-order valence-electron chi connectivity index (χ3n) is 5.80. The molecule has 0 N–H and O–H groups in total. The molecule has 2 aromatic heterocycles. The Labute approximate surface area is 168 Å². The van der Waals surface area contributed by atoms with E-state index in [0.29, 0.717) is 12.6 Å². The fraction of sp³-hybridized carbons (Fsp3) is 0.318. The third kappa shape index (κ3) is 3.02. The fourth-order valence-corrected chi connectivity index (χ4v) is 5.21. The Balaban J connectivity index is 1.41. The Bertz CT molecular complexity index is 981. The molecular formula is C22H23N3O2S. The van der Waals surface area contributed by atoms with E-state index in [1.54, 1.807) is 18.4 Å². The summed E-state index contributed by atoms with van der Waals surface area (Å²) >= 11 is 1.72. The minimum Gasteiger partial charge on any atom is -0.497 e. The fourth-order valence-electron chi connectivity index (χ4n) is 4.51. The maximum atomic E-state index is 13.2. The van der Waals surface area contributed by atoms with Gasteiger partial charge in [0.1, 0.15) is 11.4 Å². The number of rotatable bonds is 5. The van der Waals surface area contributed by atoms with Gasteiger partial charge in [0.2, 0.25) is 0 Å². The highest BCUT2D eigenvalue weighted by atomic mass is 32.1. The zero-order valence-electron chi connectivity index (χ0n) is 15.8. The highest BCUT2D eigenvalue weighted by Crippen LogP contribution is 2.35. The van der Waals surface area contributed by atoms with Gasteiger partial charge in [0.05, 0.1) is 25.7 Å². The van der Waals surface area contributed by atoms with E-state index in [0.717, 1.165) is 31.1 Å². The summed E-state index contributed by atoms with van der Waals surface area (Å²) in [5.41, 5.74) is 2.04. The van der Waals surface area contributed by atoms with Crippen LogP contribution in [0.3, 0.4) is 0 Å². The molecule has 1 amide bonds. The quantitative estimate of drug-likeness (QED) is 0.664. The van der Waals surface area contributed by atoms with Gasteiger partial charge in [0, 0.05) is 30.7 Å². The maximum absolute atomic E-state index is 13.2. The topological polar surface area (TPSA) is 37.7 Å². The van der Waals surface area contributed by atoms with Crippen LogP contribution in [0.5, 0.6) is 5.75 Å². The maximum Gasteiger partial charge on any atom is 0.271 e. The average molecular weight is 394 g/mol. The van der Waals surface area contributed by atoms with Crippen LogP contribution in [-0.4, -0.2) is 46.5 Å². The summed E-state index contributed by atoms with van der Waals surface area (Å²) in [6, 6.07) is 16.8. The van der Waals surface area contributed by atoms with Crippen molar-refractivity contribution in [2.75, 3.05) is 20.2 Å². The first-order valence-corrected chi connectivity index (χ1v) is 10.5. The van der Waals surface area contributed by atoms with Crippen molar-refractivity contribution in [1.29, 1.82) is 0 Å². The summed E-state index contributed by atoms with van der Waals surface area (Å²) in [6.07, 6.45) is 2.06. The first kappa shape index (κ1) is 17.5. The molecule has 5 nitrogen and oxygen atoms in total. The van der Waals surface area contributed by atoms with E-state index in [1.165, 1.54) is 10.4 Å². The van der Waals surface area contributed by atoms with Crippen LogP contribution < -0.4 is 4.74 Å². The number of thiophene rings is 1. The van der Waals surface area contributed by atoms with Crippen molar-refractivity contribution in [1.82, 2.24) is 14.4 Å². The smallest absolute Gasteiger partial charge is 0.271 e. The van der Waals surface area contributed by atoms with Crippen molar-refractivity contribution < 1.29 is 9.53 Å². The molecule has 28 heavy (non-hydrogen) atoms. The van der Waals surface area contributed by atoms with E-state index in [1.807, 2.05) is 24.3 Å². The third-order valence-corrected chi connectivity index (χ3v) is 6.66. The Kier molecular flexibility index (Phi) is 4.45. The molecule has 144 valence electrons. The molecule has 1 aromatic carbocycles. The van der Waals surface area contributed by atoms with Gasteiger partial charge < -0.3 is 14.2 Å². The first-order chi connectivity index (χ1) is 13.7. The summed E-state index contributed by atoms with van der Waals surface area (Å²) in [4.78, 5) is 18.9. The lowest BCUT2D eigenvalue weighted by Crippen LogP contribution is -2.49. The number of nitrogens with zero attached hydrogens (tertiary/aromatic N) is 3. The molecule has 6 heteroatoms. The summed E-state index contributed by atoms with van der Waals surface area (Å²) in [5, 5.41) is 2.08. The predicted molar refractivity (Wildman–Crippen MR) is 110 cm³/mol. The lowest BCUT2D eigenvalue weighted by atomic mass is 10.1. The Morgan fingerprint density at radius 3 is 2.79 bits per heavy atom. The van der Waals surface area contributed by atoms with Crippen LogP contribution in [0.2, 0.25) is 0 Å². The van der Waals surface area contributed by atoms with Crippen molar-refractivity contribution >= 4 is 17.2 Å². The first-order valence-electron chi connectivity index (χ1n) is 9.58. The van der Waals surface area contributed by atoms with E-state index in [9.17, 15) is 4.79 Å². The second-order valence-corrected chi connectivity index (χ2v) is 8.53. The van der Waals surface area contributed by atoms with Gasteiger partial charge in [-0.15, -0.1) is 11.3 Å². The van der Waals surface area contributed by atoms with Crippen molar-refractivity contribution in [2.24, 2.45) is 0 Å². The molecule has 0 saturated carbocycles. The van der Waals surface area contributed by atoms with Gasteiger partial charge in [0.25, 0.3) is 5.91 Å². The lowest BCUT2D eigenvalue weighted by Gasteiger charge is -2.38. The summed E-state index contributed by atoms with van der Waals surface area (Å²) < 4.78 is 7.55. The van der Waals surface area contributed by atoms with Crippen molar-refractivity contribution in [2.45, 2.75) is 25.2 Å². The van der Waals surface area contributed by atoms with Gasteiger partial charge in [-0.25, -0.2) is 0 Å². The number of ether oxygens (including phenoxy) is 1. The number of amides is 1. The molecule has 0 unspecified atom stereocenters. The normalized spacial score (nSPS) is 21.6. The molecule has 0 bridgehead atoms. The molecule has 2 atom stereocenters. The molecule has 4 heterocycles. The van der Waals surface area contributed by atoms with Crippen LogP contribution in [0.15, 0.2) is 60.1 Å². The molecule has 1 fully saturated rings. The second kappa shape index (κ2) is 7.11. The van der Waals surface area contributed by atoms with Crippen LogP contribution in [0.1, 0.15) is 27.0 Å². The van der Waals surface area contributed by atoms with Crippen molar-refractivity contribution in [3.63, 3.8) is 0 Å². The number of likely N-dealkylation sites (tertiary alicyclic amines) is 1. The predicted octanol–water partition coefficient (Wildman–Crippen LogP) is 3.64. The standard InChI is InChI=1S/C22H23N3O2S/c1-27-17-6-2-5-16(11-17)12-23-14-20-21(15-23)25(13-18-7-4-10-28-18)22(26)19-8-3-9-24(19)20/h2-11,20-21H,12-15H2,1H3/t20-,21+/m1/s1. The number of aromatic nitrogens is 1. The van der Waals surface area contributed by atoms with Gasteiger partial charge in [-0.05, 0) is 41.3 Å². The molecule has 2 aliphatic rings. The second-order valence-electron chi connectivity index (χ2n) is 7.49. The highest BCUT2D eigenvalue weighted by Gasteiger charge is 2.44. The molecule has 2 aliphatic heterocycles. The number of carbonyl (C=O) groups is 1. The number of fused-ring (bicyclic) bond motifs is 3. The van der Waals surface area contributed by atoms with E-state index in [2.05, 4.69) is 50.2 Å². The van der Waals surface area contributed by atoms with Gasteiger partial charge in [-0.2, -0.15) is 0 Å². The minimum absolute atomic E-state index is 0.142. The number of benzene rings is 1. The van der Waals surface area contributed by atoms with Gasteiger partial charge in [-0.3, -0.25) is 9.69 Å². The van der Waals surface area contributed by atoms with E-state index in [-0.39, 0.29) is 11.9 Å². The van der Waals surface area contributed by atoms with Gasteiger partial charge in [-0.1, -0.05) is 18.2 Å². The van der Waals surface area contributed by atoms with Crippen molar-refractivity contribution in [3.05, 3.63) is 76.2 Å². The molecule has 5 rings (SSSR count). The number of carbonyl (C=O) groups excluding carboxylic acids is 1. The Hall–Kier alpha value is -2.57. The van der Waals surface area contributed by atoms with Crippen LogP contribution in [0, 0.1) is 0 Å². The summed E-state index contributed by atoms with van der Waals surface area (Å²) in [5.74, 6) is 1.03. The van der Waals surface area contributed by atoms with E-state index in [4.69, 9.17) is 4.74 Å². The monoisotopic (exact) mass is 393 g/mol. The minimum atomic E-state index is 0.142. The zero-order chi connectivity index (χ0) is 19.1. The molecule has 1 saturated heterocycles. The van der Waals surface area contributed by atoms with Crippen LogP contribution in [0.4, 0.5) is 0 Å². The van der Waals surface area contributed by atoms with Crippen molar-refractivity contribution in [3.8, 4) is 5.75 Å². The number of methoxy groups -OCH3 is 1. The molecule has 0 aliphatic carbocycles. The van der Waals surface area contributed by atoms with Crippen LogP contribution in [0.25, 0.3) is 0 Å². The molecular weight excluding hydrogens is 370 g/mol. The largest absolute Gasteiger partial charge is 0.497 e.